The van der Waals surface area contributed by atoms with Gasteiger partial charge >= 0.3 is 0 Å². The highest BCUT2D eigenvalue weighted by molar-refractivity contribution is 7.80. The topological polar surface area (TPSA) is 82.4 Å². The Morgan fingerprint density at radius 2 is 1.92 bits per heavy atom. The van der Waals surface area contributed by atoms with Crippen LogP contribution in [0.5, 0.6) is 5.75 Å². The van der Waals surface area contributed by atoms with Crippen molar-refractivity contribution in [2.24, 2.45) is 0 Å². The fourth-order valence-corrected chi connectivity index (χ4v) is 5.78. The van der Waals surface area contributed by atoms with Gasteiger partial charge in [0.05, 0.1) is 23.5 Å². The maximum atomic E-state index is 12.9. The van der Waals surface area contributed by atoms with Crippen molar-refractivity contribution in [2.45, 2.75) is 39.3 Å². The first-order valence-corrected chi connectivity index (χ1v) is 13.5. The SMILES string of the molecule is Cc1cccc(NC(=O)CCN2C(=S)N[C@@H](c3ccccn3)[C@H]2c2cc(C)n(-c3cc(Cl)ccc3O)c2C)c1. The minimum Gasteiger partial charge on any atom is -0.506 e. The monoisotopic (exact) mass is 559 g/mol. The number of pyridine rings is 1. The van der Waals surface area contributed by atoms with Gasteiger partial charge in [-0.25, -0.2) is 0 Å². The van der Waals surface area contributed by atoms with Crippen LogP contribution in [-0.2, 0) is 4.79 Å². The minimum absolute atomic E-state index is 0.0854. The van der Waals surface area contributed by atoms with Crippen molar-refractivity contribution in [2.75, 3.05) is 11.9 Å². The van der Waals surface area contributed by atoms with E-state index in [1.54, 1.807) is 24.4 Å². The second-order valence-electron chi connectivity index (χ2n) is 9.78. The first kappa shape index (κ1) is 26.7. The van der Waals surface area contributed by atoms with Crippen molar-refractivity contribution in [3.63, 3.8) is 0 Å². The Balaban J connectivity index is 1.49. The molecule has 7 nitrogen and oxygen atoms in total. The number of nitrogens with one attached hydrogen (secondary N) is 2. The van der Waals surface area contributed by atoms with Gasteiger partial charge in [-0.15, -0.1) is 0 Å². The number of hydrogen-bond donors (Lipinski definition) is 3. The Bertz CT molecular complexity index is 1540. The standard InChI is InChI=1S/C30H30ClN5O2S/c1-18-7-6-8-22(15-18)33-27(38)12-14-35-29(28(34-30(35)39)24-9-4-5-13-32-24)23-16-19(2)36(20(23)3)25-17-21(31)10-11-26(25)37/h4-11,13,15-17,28-29,37H,12,14H2,1-3H3,(H,33,38)(H,34,39)/t28-,29+/m0/s1. The Morgan fingerprint density at radius 1 is 1.10 bits per heavy atom. The first-order chi connectivity index (χ1) is 18.7. The molecule has 0 aliphatic carbocycles. The number of aryl methyl sites for hydroxylation is 2. The molecule has 0 radical (unpaired) electrons. The van der Waals surface area contributed by atoms with Crippen LogP contribution in [0.15, 0.2) is 72.9 Å². The smallest absolute Gasteiger partial charge is 0.226 e. The van der Waals surface area contributed by atoms with E-state index in [1.807, 2.05) is 67.8 Å². The number of aromatic hydroxyl groups is 1. The van der Waals surface area contributed by atoms with Gasteiger partial charge in [0.2, 0.25) is 5.91 Å². The summed E-state index contributed by atoms with van der Waals surface area (Å²) in [6.45, 7) is 6.42. The van der Waals surface area contributed by atoms with Crippen LogP contribution in [0.25, 0.3) is 5.69 Å². The lowest BCUT2D eigenvalue weighted by Gasteiger charge is -2.28. The van der Waals surface area contributed by atoms with Crippen molar-refractivity contribution < 1.29 is 9.90 Å². The number of halogens is 1. The Morgan fingerprint density at radius 3 is 2.67 bits per heavy atom. The molecule has 1 aliphatic rings. The number of amides is 1. The third-order valence-corrected chi connectivity index (χ3v) is 7.63. The summed E-state index contributed by atoms with van der Waals surface area (Å²) < 4.78 is 2.00. The van der Waals surface area contributed by atoms with Gasteiger partial charge in [0.25, 0.3) is 0 Å². The molecule has 3 heterocycles. The van der Waals surface area contributed by atoms with Crippen molar-refractivity contribution >= 4 is 40.5 Å². The molecule has 39 heavy (non-hydrogen) atoms. The predicted octanol–water partition coefficient (Wildman–Crippen LogP) is 6.16. The van der Waals surface area contributed by atoms with Crippen LogP contribution < -0.4 is 10.6 Å². The van der Waals surface area contributed by atoms with Gasteiger partial charge < -0.3 is 25.2 Å². The molecule has 0 unspecified atom stereocenters. The van der Waals surface area contributed by atoms with E-state index in [9.17, 15) is 9.90 Å². The summed E-state index contributed by atoms with van der Waals surface area (Å²) in [6.07, 6.45) is 2.03. The average molecular weight is 560 g/mol. The van der Waals surface area contributed by atoms with Gasteiger partial charge in [0.15, 0.2) is 5.11 Å². The number of rotatable bonds is 7. The lowest BCUT2D eigenvalue weighted by atomic mass is 9.96. The fourth-order valence-electron chi connectivity index (χ4n) is 5.29. The van der Waals surface area contributed by atoms with Gasteiger partial charge in [-0.05, 0) is 92.6 Å². The molecular formula is C30H30ClN5O2S. The largest absolute Gasteiger partial charge is 0.506 e. The van der Waals surface area contributed by atoms with Crippen LogP contribution in [-0.4, -0.2) is 37.1 Å². The maximum absolute atomic E-state index is 12.9. The molecule has 4 aromatic rings. The molecule has 1 saturated heterocycles. The number of phenolic OH excluding ortho intramolecular Hbond substituents is 1. The number of benzene rings is 2. The number of thiocarbonyl (C=S) groups is 1. The van der Waals surface area contributed by atoms with E-state index in [1.165, 1.54) is 0 Å². The zero-order valence-corrected chi connectivity index (χ0v) is 23.6. The molecule has 1 amide bonds. The van der Waals surface area contributed by atoms with Crippen molar-refractivity contribution in [3.05, 3.63) is 106 Å². The molecule has 2 atom stereocenters. The molecule has 0 spiro atoms. The van der Waals surface area contributed by atoms with Crippen molar-refractivity contribution in [1.29, 1.82) is 0 Å². The van der Waals surface area contributed by atoms with E-state index in [2.05, 4.69) is 26.6 Å². The lowest BCUT2D eigenvalue weighted by molar-refractivity contribution is -0.116. The second kappa shape index (κ2) is 11.1. The number of carbonyl (C=O) groups is 1. The summed E-state index contributed by atoms with van der Waals surface area (Å²) in [4.78, 5) is 19.6. The van der Waals surface area contributed by atoms with Gasteiger partial charge in [-0.3, -0.25) is 9.78 Å². The van der Waals surface area contributed by atoms with Crippen LogP contribution >= 0.6 is 23.8 Å². The summed E-state index contributed by atoms with van der Waals surface area (Å²) in [7, 11) is 0. The molecule has 0 saturated carbocycles. The summed E-state index contributed by atoms with van der Waals surface area (Å²) in [6, 6.07) is 20.2. The average Bonchev–Trinajstić information content (AvgIpc) is 3.39. The zero-order valence-electron chi connectivity index (χ0n) is 22.0. The van der Waals surface area contributed by atoms with Gasteiger partial charge in [0, 0.05) is 41.3 Å². The number of phenols is 1. The first-order valence-electron chi connectivity index (χ1n) is 12.7. The third-order valence-electron chi connectivity index (χ3n) is 7.05. The molecule has 0 bridgehead atoms. The number of anilines is 1. The van der Waals surface area contributed by atoms with E-state index in [-0.39, 0.29) is 30.2 Å². The maximum Gasteiger partial charge on any atom is 0.226 e. The van der Waals surface area contributed by atoms with Crippen LogP contribution in [0.3, 0.4) is 0 Å². The second-order valence-corrected chi connectivity index (χ2v) is 10.6. The summed E-state index contributed by atoms with van der Waals surface area (Å²) >= 11 is 12.1. The number of carbonyl (C=O) groups excluding carboxylic acids is 1. The molecule has 200 valence electrons. The molecule has 5 rings (SSSR count). The molecule has 2 aromatic carbocycles. The van der Waals surface area contributed by atoms with E-state index >= 15 is 0 Å². The summed E-state index contributed by atoms with van der Waals surface area (Å²) in [5.41, 5.74) is 6.22. The van der Waals surface area contributed by atoms with Crippen LogP contribution in [0.1, 0.15) is 46.7 Å². The number of nitrogens with zero attached hydrogens (tertiary/aromatic N) is 3. The van der Waals surface area contributed by atoms with Crippen LogP contribution in [0.4, 0.5) is 5.69 Å². The Labute approximate surface area is 238 Å². The molecule has 3 N–H and O–H groups in total. The van der Waals surface area contributed by atoms with Gasteiger partial charge in [-0.1, -0.05) is 29.8 Å². The van der Waals surface area contributed by atoms with E-state index in [0.717, 1.165) is 33.9 Å². The van der Waals surface area contributed by atoms with E-state index in [0.29, 0.717) is 22.4 Å². The van der Waals surface area contributed by atoms with E-state index in [4.69, 9.17) is 23.8 Å². The molecule has 1 fully saturated rings. The minimum atomic E-state index is -0.222. The van der Waals surface area contributed by atoms with Gasteiger partial charge in [0.1, 0.15) is 5.75 Å². The molecule has 9 heteroatoms. The highest BCUT2D eigenvalue weighted by Gasteiger charge is 2.41. The van der Waals surface area contributed by atoms with Crippen LogP contribution in [0, 0.1) is 20.8 Å². The quantitative estimate of drug-likeness (QED) is 0.235. The highest BCUT2D eigenvalue weighted by Crippen LogP contribution is 2.42. The van der Waals surface area contributed by atoms with Crippen LogP contribution in [0.2, 0.25) is 5.02 Å². The molecule has 1 aliphatic heterocycles. The Hall–Kier alpha value is -3.88. The van der Waals surface area contributed by atoms with Crippen molar-refractivity contribution in [1.82, 2.24) is 19.8 Å². The van der Waals surface area contributed by atoms with Gasteiger partial charge in [-0.2, -0.15) is 0 Å². The summed E-state index contributed by atoms with van der Waals surface area (Å²) in [5.74, 6) is 0.0523. The summed E-state index contributed by atoms with van der Waals surface area (Å²) in [5, 5.41) is 18.2. The third kappa shape index (κ3) is 5.48. The predicted molar refractivity (Wildman–Crippen MR) is 159 cm³/mol. The Kier molecular flexibility index (Phi) is 7.59. The van der Waals surface area contributed by atoms with E-state index < -0.39 is 0 Å². The molecule has 2 aromatic heterocycles. The normalized spacial score (nSPS) is 16.8. The molecular weight excluding hydrogens is 530 g/mol. The fraction of sp³-hybridized carbons (Fsp3) is 0.233. The number of aromatic nitrogens is 2. The number of hydrogen-bond acceptors (Lipinski definition) is 4. The van der Waals surface area contributed by atoms with Crippen molar-refractivity contribution in [3.8, 4) is 11.4 Å². The highest BCUT2D eigenvalue weighted by atomic mass is 35.5. The zero-order chi connectivity index (χ0) is 27.7. The lowest BCUT2D eigenvalue weighted by Crippen LogP contribution is -2.32.